The molecule has 1 atom stereocenters. The molecule has 3 rings (SSSR count). The third-order valence-corrected chi connectivity index (χ3v) is 5.81. The number of nitrogens with one attached hydrogen (secondary N) is 1. The average Bonchev–Trinajstić information content (AvgIpc) is 2.76. The van der Waals surface area contributed by atoms with Gasteiger partial charge < -0.3 is 19.7 Å². The van der Waals surface area contributed by atoms with Gasteiger partial charge in [0.15, 0.2) is 0 Å². The molecule has 0 bridgehead atoms. The predicted octanol–water partition coefficient (Wildman–Crippen LogP) is 5.33. The molecule has 1 aliphatic rings. The SMILES string of the molecule is CCCCCCCNC(=O)Oc1ccc2c(c1)CN(C)C(c1ccc(OC)cc1)N2C. The van der Waals surface area contributed by atoms with Crippen LogP contribution in [0.3, 0.4) is 0 Å². The van der Waals surface area contributed by atoms with E-state index in [0.29, 0.717) is 12.3 Å². The lowest BCUT2D eigenvalue weighted by Crippen LogP contribution is -2.41. The summed E-state index contributed by atoms with van der Waals surface area (Å²) < 4.78 is 10.8. The number of ether oxygens (including phenoxy) is 2. The fourth-order valence-corrected chi connectivity index (χ4v) is 4.19. The first-order chi connectivity index (χ1) is 15.0. The van der Waals surface area contributed by atoms with Gasteiger partial charge in [-0.1, -0.05) is 44.7 Å². The van der Waals surface area contributed by atoms with Gasteiger partial charge in [0.2, 0.25) is 0 Å². The first-order valence-corrected chi connectivity index (χ1v) is 11.2. The zero-order valence-corrected chi connectivity index (χ0v) is 19.2. The second-order valence-corrected chi connectivity index (χ2v) is 8.19. The summed E-state index contributed by atoms with van der Waals surface area (Å²) in [6.07, 6.45) is 5.56. The van der Waals surface area contributed by atoms with Crippen molar-refractivity contribution >= 4 is 11.8 Å². The maximum absolute atomic E-state index is 12.1. The minimum Gasteiger partial charge on any atom is -0.497 e. The molecule has 6 heteroatoms. The number of hydrogen-bond acceptors (Lipinski definition) is 5. The van der Waals surface area contributed by atoms with Crippen LogP contribution < -0.4 is 19.7 Å². The van der Waals surface area contributed by atoms with Crippen LogP contribution in [0.4, 0.5) is 10.5 Å². The number of carbonyl (C=O) groups is 1. The molecule has 1 amide bonds. The highest BCUT2D eigenvalue weighted by Gasteiger charge is 2.29. The van der Waals surface area contributed by atoms with Gasteiger partial charge in [-0.15, -0.1) is 0 Å². The number of rotatable bonds is 9. The Bertz CT molecular complexity index is 854. The van der Waals surface area contributed by atoms with E-state index in [9.17, 15) is 4.79 Å². The molecule has 0 fully saturated rings. The summed E-state index contributed by atoms with van der Waals surface area (Å²) in [5.41, 5.74) is 3.48. The molecule has 1 N–H and O–H groups in total. The van der Waals surface area contributed by atoms with Gasteiger partial charge in [-0.25, -0.2) is 4.79 Å². The van der Waals surface area contributed by atoms with Crippen molar-refractivity contribution < 1.29 is 14.3 Å². The Labute approximate surface area is 186 Å². The van der Waals surface area contributed by atoms with E-state index in [1.807, 2.05) is 30.3 Å². The predicted molar refractivity (Wildman–Crippen MR) is 125 cm³/mol. The maximum Gasteiger partial charge on any atom is 0.412 e. The van der Waals surface area contributed by atoms with E-state index in [4.69, 9.17) is 9.47 Å². The van der Waals surface area contributed by atoms with Crippen LogP contribution in [-0.4, -0.2) is 38.7 Å². The van der Waals surface area contributed by atoms with Crippen molar-refractivity contribution in [3.05, 3.63) is 53.6 Å². The van der Waals surface area contributed by atoms with Crippen LogP contribution in [0.25, 0.3) is 0 Å². The summed E-state index contributed by atoms with van der Waals surface area (Å²) in [5, 5.41) is 2.85. The number of amides is 1. The molecule has 1 aliphatic heterocycles. The average molecular weight is 426 g/mol. The number of benzene rings is 2. The second kappa shape index (κ2) is 11.0. The van der Waals surface area contributed by atoms with E-state index in [0.717, 1.165) is 36.4 Å². The van der Waals surface area contributed by atoms with Gasteiger partial charge in [-0.05, 0) is 54.9 Å². The number of carbonyl (C=O) groups excluding carboxylic acids is 1. The zero-order valence-electron chi connectivity index (χ0n) is 19.2. The highest BCUT2D eigenvalue weighted by molar-refractivity contribution is 5.71. The number of unbranched alkanes of at least 4 members (excludes halogenated alkanes) is 4. The van der Waals surface area contributed by atoms with Crippen molar-refractivity contribution in [2.45, 2.75) is 51.7 Å². The highest BCUT2D eigenvalue weighted by Crippen LogP contribution is 2.38. The lowest BCUT2D eigenvalue weighted by atomic mass is 10.0. The Balaban J connectivity index is 1.61. The maximum atomic E-state index is 12.1. The Kier molecular flexibility index (Phi) is 8.18. The Morgan fingerprint density at radius 1 is 1.03 bits per heavy atom. The smallest absolute Gasteiger partial charge is 0.412 e. The second-order valence-electron chi connectivity index (χ2n) is 8.19. The largest absolute Gasteiger partial charge is 0.497 e. The van der Waals surface area contributed by atoms with E-state index in [-0.39, 0.29) is 12.3 Å². The first kappa shape index (κ1) is 22.9. The fraction of sp³-hybridized carbons (Fsp3) is 0.480. The van der Waals surface area contributed by atoms with E-state index in [2.05, 4.69) is 48.3 Å². The molecule has 0 saturated carbocycles. The molecular weight excluding hydrogens is 390 g/mol. The fourth-order valence-electron chi connectivity index (χ4n) is 4.19. The topological polar surface area (TPSA) is 54.0 Å². The Hall–Kier alpha value is -2.73. The van der Waals surface area contributed by atoms with E-state index >= 15 is 0 Å². The molecule has 168 valence electrons. The molecule has 0 radical (unpaired) electrons. The van der Waals surface area contributed by atoms with Gasteiger partial charge in [0.05, 0.1) is 7.11 Å². The summed E-state index contributed by atoms with van der Waals surface area (Å²) in [6.45, 7) is 3.62. The summed E-state index contributed by atoms with van der Waals surface area (Å²) >= 11 is 0. The zero-order chi connectivity index (χ0) is 22.2. The van der Waals surface area contributed by atoms with Gasteiger partial charge in [0.25, 0.3) is 0 Å². The quantitative estimate of drug-likeness (QED) is 0.550. The number of methoxy groups -OCH3 is 1. The highest BCUT2D eigenvalue weighted by atomic mass is 16.6. The molecule has 1 unspecified atom stereocenters. The Morgan fingerprint density at radius 3 is 2.45 bits per heavy atom. The van der Waals surface area contributed by atoms with Crippen LogP contribution in [0, 0.1) is 0 Å². The molecule has 0 aliphatic carbocycles. The molecule has 0 aromatic heterocycles. The van der Waals surface area contributed by atoms with Gasteiger partial charge in [-0.2, -0.15) is 0 Å². The number of hydrogen-bond donors (Lipinski definition) is 1. The third-order valence-electron chi connectivity index (χ3n) is 5.81. The lowest BCUT2D eigenvalue weighted by Gasteiger charge is -2.42. The van der Waals surface area contributed by atoms with Crippen molar-refractivity contribution in [3.63, 3.8) is 0 Å². The van der Waals surface area contributed by atoms with Crippen LogP contribution in [0.1, 0.15) is 56.3 Å². The minimum absolute atomic E-state index is 0.126. The minimum atomic E-state index is -0.385. The number of nitrogens with zero attached hydrogens (tertiary/aromatic N) is 2. The molecule has 0 saturated heterocycles. The molecular formula is C25H35N3O3. The van der Waals surface area contributed by atoms with Crippen LogP contribution in [0.5, 0.6) is 11.5 Å². The molecule has 0 spiro atoms. The van der Waals surface area contributed by atoms with Crippen molar-refractivity contribution in [3.8, 4) is 11.5 Å². The molecule has 1 heterocycles. The summed E-state index contributed by atoms with van der Waals surface area (Å²) in [6, 6.07) is 14.1. The monoisotopic (exact) mass is 425 g/mol. The number of fused-ring (bicyclic) bond motifs is 1. The van der Waals surface area contributed by atoms with Crippen LogP contribution in [0.15, 0.2) is 42.5 Å². The first-order valence-electron chi connectivity index (χ1n) is 11.2. The summed E-state index contributed by atoms with van der Waals surface area (Å²) in [4.78, 5) is 16.7. The third kappa shape index (κ3) is 5.91. The Morgan fingerprint density at radius 2 is 1.74 bits per heavy atom. The van der Waals surface area contributed by atoms with Gasteiger partial charge >= 0.3 is 6.09 Å². The van der Waals surface area contributed by atoms with Crippen molar-refractivity contribution in [2.24, 2.45) is 0 Å². The summed E-state index contributed by atoms with van der Waals surface area (Å²) in [7, 11) is 5.87. The van der Waals surface area contributed by atoms with Crippen molar-refractivity contribution in [2.75, 3.05) is 32.6 Å². The van der Waals surface area contributed by atoms with Crippen LogP contribution in [-0.2, 0) is 6.54 Å². The van der Waals surface area contributed by atoms with Crippen LogP contribution in [0.2, 0.25) is 0 Å². The molecule has 2 aromatic carbocycles. The van der Waals surface area contributed by atoms with E-state index in [1.165, 1.54) is 24.8 Å². The standard InChI is InChI=1S/C25H35N3O3/c1-5-6-7-8-9-16-26-25(29)31-22-14-15-23-20(17-22)18-27(2)24(28(23)3)19-10-12-21(30-4)13-11-19/h10-15,17,24H,5-9,16,18H2,1-4H3,(H,26,29). The normalized spacial score (nSPS) is 16.0. The van der Waals surface area contributed by atoms with E-state index in [1.54, 1.807) is 7.11 Å². The summed E-state index contributed by atoms with van der Waals surface area (Å²) in [5.74, 6) is 1.43. The van der Waals surface area contributed by atoms with Crippen molar-refractivity contribution in [1.29, 1.82) is 0 Å². The molecule has 6 nitrogen and oxygen atoms in total. The van der Waals surface area contributed by atoms with Gasteiger partial charge in [0, 0.05) is 25.8 Å². The molecule has 31 heavy (non-hydrogen) atoms. The van der Waals surface area contributed by atoms with E-state index < -0.39 is 0 Å². The van der Waals surface area contributed by atoms with Gasteiger partial charge in [0.1, 0.15) is 17.7 Å². The lowest BCUT2D eigenvalue weighted by molar-refractivity contribution is 0.199. The number of anilines is 1. The van der Waals surface area contributed by atoms with Gasteiger partial charge in [-0.3, -0.25) is 4.90 Å². The van der Waals surface area contributed by atoms with Crippen molar-refractivity contribution in [1.82, 2.24) is 10.2 Å². The van der Waals surface area contributed by atoms with Crippen LogP contribution >= 0.6 is 0 Å². The molecule has 2 aromatic rings.